The molecule has 6 heteroatoms. The van der Waals surface area contributed by atoms with E-state index in [1.165, 1.54) is 0 Å². The molecule has 2 amide bonds. The van der Waals surface area contributed by atoms with E-state index in [4.69, 9.17) is 4.74 Å². The number of hydrogen-bond donors (Lipinski definition) is 2. The normalized spacial score (nSPS) is 10.8. The molecule has 0 aliphatic heterocycles. The minimum atomic E-state index is -0.307. The maximum absolute atomic E-state index is 12.2. The van der Waals surface area contributed by atoms with Gasteiger partial charge in [-0.25, -0.2) is 5.43 Å². The summed E-state index contributed by atoms with van der Waals surface area (Å²) in [5.74, 6) is 0.316. The lowest BCUT2D eigenvalue weighted by Gasteiger charge is -2.12. The first kappa shape index (κ1) is 23.1. The van der Waals surface area contributed by atoms with Crippen molar-refractivity contribution in [3.05, 3.63) is 58.7 Å². The van der Waals surface area contributed by atoms with Crippen molar-refractivity contribution in [3.63, 3.8) is 0 Å². The first-order valence-electron chi connectivity index (χ1n) is 10.3. The van der Waals surface area contributed by atoms with Gasteiger partial charge in [0.05, 0.1) is 12.8 Å². The van der Waals surface area contributed by atoms with E-state index < -0.39 is 0 Å². The monoisotopic (exact) mass is 409 g/mol. The zero-order valence-corrected chi connectivity index (χ0v) is 18.2. The number of amides is 2. The summed E-state index contributed by atoms with van der Waals surface area (Å²) in [6, 6.07) is 11.5. The third kappa shape index (κ3) is 7.70. The zero-order chi connectivity index (χ0) is 21.9. The summed E-state index contributed by atoms with van der Waals surface area (Å²) in [7, 11) is 0. The van der Waals surface area contributed by atoms with Crippen LogP contribution in [0, 0.1) is 20.8 Å². The number of aryl methyl sites for hydroxylation is 3. The fourth-order valence-electron chi connectivity index (χ4n) is 3.03. The summed E-state index contributed by atoms with van der Waals surface area (Å²) in [5, 5.41) is 6.85. The van der Waals surface area contributed by atoms with E-state index in [1.807, 2.05) is 57.2 Å². The quantitative estimate of drug-likeness (QED) is 0.340. The molecule has 0 saturated heterocycles. The van der Waals surface area contributed by atoms with Crippen LogP contribution in [-0.2, 0) is 9.59 Å². The number of nitrogens with one attached hydrogen (secondary N) is 2. The van der Waals surface area contributed by atoms with E-state index >= 15 is 0 Å². The number of benzene rings is 2. The average molecular weight is 410 g/mol. The predicted molar refractivity (Wildman–Crippen MR) is 121 cm³/mol. The number of carbonyl (C=O) groups excluding carboxylic acids is 2. The van der Waals surface area contributed by atoms with Crippen molar-refractivity contribution in [2.75, 3.05) is 11.9 Å². The lowest BCUT2D eigenvalue weighted by molar-refractivity contribution is -0.124. The Bertz CT molecular complexity index is 866. The first-order valence-corrected chi connectivity index (χ1v) is 10.3. The smallest absolute Gasteiger partial charge is 0.240 e. The van der Waals surface area contributed by atoms with Crippen LogP contribution in [0.5, 0.6) is 5.75 Å². The summed E-state index contributed by atoms with van der Waals surface area (Å²) in [5.41, 5.74) is 7.29. The lowest BCUT2D eigenvalue weighted by atomic mass is 10.0. The Kier molecular flexibility index (Phi) is 9.06. The van der Waals surface area contributed by atoms with E-state index in [-0.39, 0.29) is 24.7 Å². The SMILES string of the molecule is CCCCOc1ccc(/C=N\NC(=O)CCC(=O)Nc2c(C)cc(C)cc2C)cc1. The summed E-state index contributed by atoms with van der Waals surface area (Å²) < 4.78 is 5.61. The Hall–Kier alpha value is -3.15. The van der Waals surface area contributed by atoms with Crippen LogP contribution in [-0.4, -0.2) is 24.6 Å². The largest absolute Gasteiger partial charge is 0.494 e. The van der Waals surface area contributed by atoms with Gasteiger partial charge in [0.15, 0.2) is 0 Å². The van der Waals surface area contributed by atoms with E-state index in [2.05, 4.69) is 22.8 Å². The maximum atomic E-state index is 12.2. The van der Waals surface area contributed by atoms with Crippen molar-refractivity contribution < 1.29 is 14.3 Å². The molecule has 6 nitrogen and oxygen atoms in total. The van der Waals surface area contributed by atoms with Gasteiger partial charge in [-0.05, 0) is 68.1 Å². The standard InChI is InChI=1S/C24H31N3O3/c1-5-6-13-30-21-9-7-20(8-10-21)16-25-27-23(29)12-11-22(28)26-24-18(3)14-17(2)15-19(24)4/h7-10,14-16H,5-6,11-13H2,1-4H3,(H,26,28)(H,27,29)/b25-16-. The van der Waals surface area contributed by atoms with Crippen LogP contribution in [0.25, 0.3) is 0 Å². The topological polar surface area (TPSA) is 79.8 Å². The number of anilines is 1. The third-order valence-corrected chi connectivity index (χ3v) is 4.57. The molecule has 2 N–H and O–H groups in total. The summed E-state index contributed by atoms with van der Waals surface area (Å²) in [4.78, 5) is 24.1. The molecule has 0 fully saturated rings. The Morgan fingerprint density at radius 3 is 2.27 bits per heavy atom. The molecule has 0 bridgehead atoms. The van der Waals surface area contributed by atoms with E-state index in [0.717, 1.165) is 46.5 Å². The average Bonchev–Trinajstić information content (AvgIpc) is 2.70. The molecule has 2 rings (SSSR count). The fraction of sp³-hybridized carbons (Fsp3) is 0.375. The van der Waals surface area contributed by atoms with Crippen molar-refractivity contribution >= 4 is 23.7 Å². The van der Waals surface area contributed by atoms with Crippen LogP contribution >= 0.6 is 0 Å². The molecular weight excluding hydrogens is 378 g/mol. The van der Waals surface area contributed by atoms with Crippen LogP contribution < -0.4 is 15.5 Å². The molecule has 0 saturated carbocycles. The van der Waals surface area contributed by atoms with Gasteiger partial charge < -0.3 is 10.1 Å². The van der Waals surface area contributed by atoms with E-state index in [9.17, 15) is 9.59 Å². The predicted octanol–water partition coefficient (Wildman–Crippen LogP) is 4.66. The number of rotatable bonds is 10. The Balaban J connectivity index is 1.75. The van der Waals surface area contributed by atoms with Crippen molar-refractivity contribution in [1.29, 1.82) is 0 Å². The highest BCUT2D eigenvalue weighted by atomic mass is 16.5. The van der Waals surface area contributed by atoms with Crippen molar-refractivity contribution in [2.45, 2.75) is 53.4 Å². The number of unbranched alkanes of at least 4 members (excludes halogenated alkanes) is 1. The lowest BCUT2D eigenvalue weighted by Crippen LogP contribution is -2.21. The summed E-state index contributed by atoms with van der Waals surface area (Å²) >= 11 is 0. The number of carbonyl (C=O) groups is 2. The molecule has 0 atom stereocenters. The van der Waals surface area contributed by atoms with Gasteiger partial charge in [-0.2, -0.15) is 5.10 Å². The minimum absolute atomic E-state index is 0.0668. The molecule has 0 spiro atoms. The van der Waals surface area contributed by atoms with Gasteiger partial charge in [0.2, 0.25) is 11.8 Å². The highest BCUT2D eigenvalue weighted by Crippen LogP contribution is 2.22. The van der Waals surface area contributed by atoms with Crippen molar-refractivity contribution in [2.24, 2.45) is 5.10 Å². The number of ether oxygens (including phenoxy) is 1. The van der Waals surface area contributed by atoms with Crippen LogP contribution in [0.2, 0.25) is 0 Å². The minimum Gasteiger partial charge on any atom is -0.494 e. The van der Waals surface area contributed by atoms with Gasteiger partial charge in [-0.15, -0.1) is 0 Å². The second-order valence-electron chi connectivity index (χ2n) is 7.39. The van der Waals surface area contributed by atoms with Crippen LogP contribution in [0.3, 0.4) is 0 Å². The molecule has 30 heavy (non-hydrogen) atoms. The van der Waals surface area contributed by atoms with Gasteiger partial charge in [-0.1, -0.05) is 31.0 Å². The first-order chi connectivity index (χ1) is 14.4. The highest BCUT2D eigenvalue weighted by Gasteiger charge is 2.10. The van der Waals surface area contributed by atoms with Crippen molar-refractivity contribution in [3.8, 4) is 5.75 Å². The van der Waals surface area contributed by atoms with Crippen LogP contribution in [0.4, 0.5) is 5.69 Å². The molecule has 0 aliphatic carbocycles. The second kappa shape index (κ2) is 11.8. The van der Waals surface area contributed by atoms with Crippen LogP contribution in [0.15, 0.2) is 41.5 Å². The molecule has 0 radical (unpaired) electrons. The molecule has 0 heterocycles. The zero-order valence-electron chi connectivity index (χ0n) is 18.2. The second-order valence-corrected chi connectivity index (χ2v) is 7.39. The molecular formula is C24H31N3O3. The molecule has 160 valence electrons. The Morgan fingerprint density at radius 2 is 1.63 bits per heavy atom. The molecule has 0 unspecified atom stereocenters. The maximum Gasteiger partial charge on any atom is 0.240 e. The highest BCUT2D eigenvalue weighted by molar-refractivity contribution is 5.94. The molecule has 0 aliphatic rings. The molecule has 2 aromatic rings. The van der Waals surface area contributed by atoms with Gasteiger partial charge >= 0.3 is 0 Å². The van der Waals surface area contributed by atoms with Gasteiger partial charge in [0.25, 0.3) is 0 Å². The molecule has 2 aromatic carbocycles. The summed E-state index contributed by atoms with van der Waals surface area (Å²) in [6.07, 6.45) is 3.84. The van der Waals surface area contributed by atoms with E-state index in [0.29, 0.717) is 6.61 Å². The van der Waals surface area contributed by atoms with E-state index in [1.54, 1.807) is 6.21 Å². The summed E-state index contributed by atoms with van der Waals surface area (Å²) in [6.45, 7) is 8.76. The Labute approximate surface area is 178 Å². The van der Waals surface area contributed by atoms with Gasteiger partial charge in [0, 0.05) is 18.5 Å². The fourth-order valence-corrected chi connectivity index (χ4v) is 3.03. The molecule has 0 aromatic heterocycles. The number of hydrazone groups is 1. The number of hydrogen-bond acceptors (Lipinski definition) is 4. The van der Waals surface area contributed by atoms with Crippen LogP contribution in [0.1, 0.15) is 54.9 Å². The van der Waals surface area contributed by atoms with Crippen molar-refractivity contribution in [1.82, 2.24) is 5.43 Å². The van der Waals surface area contributed by atoms with Gasteiger partial charge in [-0.3, -0.25) is 9.59 Å². The van der Waals surface area contributed by atoms with Gasteiger partial charge in [0.1, 0.15) is 5.75 Å². The third-order valence-electron chi connectivity index (χ3n) is 4.57. The Morgan fingerprint density at radius 1 is 1.00 bits per heavy atom. The number of nitrogens with zero attached hydrogens (tertiary/aromatic N) is 1.